The third kappa shape index (κ3) is 5.56. The van der Waals surface area contributed by atoms with Gasteiger partial charge in [-0.2, -0.15) is 13.2 Å². The van der Waals surface area contributed by atoms with E-state index in [2.05, 4.69) is 36.6 Å². The minimum Gasteiger partial charge on any atom is -0.380 e. The zero-order chi connectivity index (χ0) is 27.0. The van der Waals surface area contributed by atoms with Crippen LogP contribution < -0.4 is 10.6 Å². The lowest BCUT2D eigenvalue weighted by Gasteiger charge is -2.23. The predicted octanol–water partition coefficient (Wildman–Crippen LogP) is 3.78. The number of alkyl halides is 3. The lowest BCUT2D eigenvalue weighted by Crippen LogP contribution is -2.44. The summed E-state index contributed by atoms with van der Waals surface area (Å²) in [5.41, 5.74) is 2.27. The van der Waals surface area contributed by atoms with Crippen molar-refractivity contribution >= 4 is 22.6 Å². The van der Waals surface area contributed by atoms with Gasteiger partial charge in [0.05, 0.1) is 24.2 Å². The van der Waals surface area contributed by atoms with Crippen molar-refractivity contribution in [2.75, 3.05) is 38.2 Å². The molecule has 1 aliphatic carbocycles. The van der Waals surface area contributed by atoms with Crippen LogP contribution in [-0.4, -0.2) is 70.7 Å². The number of fused-ring (bicyclic) bond motifs is 2. The Bertz CT molecular complexity index is 1350. The summed E-state index contributed by atoms with van der Waals surface area (Å²) in [6, 6.07) is 5.78. The molecular formula is C28H31F3N6O2. The van der Waals surface area contributed by atoms with Crippen molar-refractivity contribution in [3.8, 4) is 0 Å². The number of amides is 1. The van der Waals surface area contributed by atoms with Crippen LogP contribution in [0.2, 0.25) is 0 Å². The summed E-state index contributed by atoms with van der Waals surface area (Å²) < 4.78 is 45.4. The SMILES string of the molecule is O=C(CNc1ncnc2ccc(C(F)(F)F)cc12)NC1CN(C2CCOC2)C[C@@H]1CC1CCc2cnccc21. The fourth-order valence-corrected chi connectivity index (χ4v) is 6.35. The summed E-state index contributed by atoms with van der Waals surface area (Å²) in [6.45, 7) is 3.04. The molecule has 2 aliphatic heterocycles. The van der Waals surface area contributed by atoms with Gasteiger partial charge in [0.1, 0.15) is 12.1 Å². The van der Waals surface area contributed by atoms with Crippen LogP contribution in [-0.2, 0) is 22.1 Å². The maximum absolute atomic E-state index is 13.3. The number of pyridine rings is 1. The molecule has 3 aromatic rings. The number of nitrogens with zero attached hydrogens (tertiary/aromatic N) is 4. The molecule has 0 spiro atoms. The number of benzene rings is 1. The van der Waals surface area contributed by atoms with Gasteiger partial charge in [-0.15, -0.1) is 0 Å². The van der Waals surface area contributed by atoms with E-state index in [1.807, 2.05) is 12.4 Å². The van der Waals surface area contributed by atoms with Crippen molar-refractivity contribution < 1.29 is 22.7 Å². The van der Waals surface area contributed by atoms with Crippen molar-refractivity contribution in [3.63, 3.8) is 0 Å². The lowest BCUT2D eigenvalue weighted by atomic mass is 9.87. The van der Waals surface area contributed by atoms with Crippen LogP contribution in [0.1, 0.15) is 41.9 Å². The van der Waals surface area contributed by atoms with E-state index in [-0.39, 0.29) is 35.6 Å². The van der Waals surface area contributed by atoms with Crippen molar-refractivity contribution in [1.29, 1.82) is 0 Å². The smallest absolute Gasteiger partial charge is 0.380 e. The number of aryl methyl sites for hydroxylation is 1. The molecule has 3 aliphatic rings. The number of halogens is 3. The van der Waals surface area contributed by atoms with Crippen LogP contribution in [0.4, 0.5) is 19.0 Å². The van der Waals surface area contributed by atoms with Crippen LogP contribution in [0.5, 0.6) is 0 Å². The molecule has 2 saturated heterocycles. The van der Waals surface area contributed by atoms with Crippen molar-refractivity contribution in [1.82, 2.24) is 25.2 Å². The molecule has 206 valence electrons. The molecule has 2 aromatic heterocycles. The van der Waals surface area contributed by atoms with Gasteiger partial charge in [-0.3, -0.25) is 14.7 Å². The van der Waals surface area contributed by atoms with E-state index in [4.69, 9.17) is 4.74 Å². The molecule has 0 radical (unpaired) electrons. The molecule has 39 heavy (non-hydrogen) atoms. The molecule has 6 rings (SSSR count). The summed E-state index contributed by atoms with van der Waals surface area (Å²) in [4.78, 5) is 28.0. The molecule has 0 saturated carbocycles. The molecule has 4 atom stereocenters. The van der Waals surface area contributed by atoms with Gasteiger partial charge in [0, 0.05) is 49.6 Å². The number of likely N-dealkylation sites (tertiary alicyclic amines) is 1. The number of rotatable bonds is 7. The first kappa shape index (κ1) is 25.9. The van der Waals surface area contributed by atoms with Crippen LogP contribution in [0.25, 0.3) is 10.9 Å². The summed E-state index contributed by atoms with van der Waals surface area (Å²) in [5.74, 6) is 0.711. The fourth-order valence-electron chi connectivity index (χ4n) is 6.35. The number of hydrogen-bond donors (Lipinski definition) is 2. The van der Waals surface area contributed by atoms with E-state index in [0.29, 0.717) is 24.1 Å². The number of anilines is 1. The first-order valence-corrected chi connectivity index (χ1v) is 13.4. The zero-order valence-corrected chi connectivity index (χ0v) is 21.5. The van der Waals surface area contributed by atoms with E-state index in [1.165, 1.54) is 23.5 Å². The van der Waals surface area contributed by atoms with Gasteiger partial charge < -0.3 is 15.4 Å². The number of aromatic nitrogens is 3. The Morgan fingerprint density at radius 2 is 2.05 bits per heavy atom. The van der Waals surface area contributed by atoms with Crippen molar-refractivity contribution in [3.05, 3.63) is 59.7 Å². The molecule has 4 heterocycles. The molecular weight excluding hydrogens is 509 g/mol. The maximum atomic E-state index is 13.3. The van der Waals surface area contributed by atoms with Gasteiger partial charge in [-0.1, -0.05) is 0 Å². The zero-order valence-electron chi connectivity index (χ0n) is 21.5. The lowest BCUT2D eigenvalue weighted by molar-refractivity contribution is -0.137. The Kier molecular flexibility index (Phi) is 7.11. The Labute approximate surface area is 224 Å². The van der Waals surface area contributed by atoms with Gasteiger partial charge in [-0.25, -0.2) is 9.97 Å². The summed E-state index contributed by atoms with van der Waals surface area (Å²) in [5, 5.41) is 6.37. The van der Waals surface area contributed by atoms with Crippen LogP contribution in [0, 0.1) is 5.92 Å². The van der Waals surface area contributed by atoms with Crippen molar-refractivity contribution in [2.45, 2.75) is 49.9 Å². The van der Waals surface area contributed by atoms with E-state index in [9.17, 15) is 18.0 Å². The first-order chi connectivity index (χ1) is 18.8. The normalized spacial score (nSPS) is 25.2. The van der Waals surface area contributed by atoms with Gasteiger partial charge >= 0.3 is 6.18 Å². The molecule has 1 amide bonds. The number of nitrogens with one attached hydrogen (secondary N) is 2. The molecule has 8 nitrogen and oxygen atoms in total. The first-order valence-electron chi connectivity index (χ1n) is 13.4. The molecule has 3 unspecified atom stereocenters. The fraction of sp³-hybridized carbons (Fsp3) is 0.500. The summed E-state index contributed by atoms with van der Waals surface area (Å²) >= 11 is 0. The van der Waals surface area contributed by atoms with Crippen LogP contribution >= 0.6 is 0 Å². The Morgan fingerprint density at radius 1 is 1.15 bits per heavy atom. The Morgan fingerprint density at radius 3 is 2.87 bits per heavy atom. The van der Waals surface area contributed by atoms with Gasteiger partial charge in [0.25, 0.3) is 0 Å². The standard InChI is InChI=1S/C28H31F3N6O2/c29-28(30,31)20-3-4-24-23(10-20)27(35-16-34-24)33-12-26(38)36-25-14-37(21-6-8-39-15-21)13-19(25)9-17-1-2-18-11-32-7-5-22(17)18/h3-5,7,10-11,16-17,19,21,25H,1-2,6,8-9,12-15H2,(H,36,38)(H,33,34,35)/t17?,19-,21?,25?/m0/s1. The molecule has 0 bridgehead atoms. The number of carbonyl (C=O) groups is 1. The average molecular weight is 541 g/mol. The van der Waals surface area contributed by atoms with Gasteiger partial charge in [0.2, 0.25) is 5.91 Å². The number of hydrogen-bond acceptors (Lipinski definition) is 7. The van der Waals surface area contributed by atoms with Crippen molar-refractivity contribution in [2.24, 2.45) is 5.92 Å². The highest BCUT2D eigenvalue weighted by Crippen LogP contribution is 2.39. The highest BCUT2D eigenvalue weighted by Gasteiger charge is 2.40. The third-order valence-corrected chi connectivity index (χ3v) is 8.35. The van der Waals surface area contributed by atoms with E-state index < -0.39 is 11.7 Å². The second kappa shape index (κ2) is 10.7. The monoisotopic (exact) mass is 540 g/mol. The third-order valence-electron chi connectivity index (χ3n) is 8.35. The second-order valence-corrected chi connectivity index (χ2v) is 10.8. The highest BCUT2D eigenvalue weighted by molar-refractivity contribution is 5.91. The number of carbonyl (C=O) groups excluding carboxylic acids is 1. The van der Waals surface area contributed by atoms with Crippen LogP contribution in [0.3, 0.4) is 0 Å². The Balaban J connectivity index is 1.14. The average Bonchev–Trinajstić information content (AvgIpc) is 3.68. The Hall–Kier alpha value is -3.31. The number of ether oxygens (including phenoxy) is 1. The van der Waals surface area contributed by atoms with E-state index >= 15 is 0 Å². The maximum Gasteiger partial charge on any atom is 0.416 e. The molecule has 11 heteroatoms. The van der Waals surface area contributed by atoms with E-state index in [1.54, 1.807) is 0 Å². The van der Waals surface area contributed by atoms with Gasteiger partial charge in [0.15, 0.2) is 0 Å². The largest absolute Gasteiger partial charge is 0.416 e. The summed E-state index contributed by atoms with van der Waals surface area (Å²) in [7, 11) is 0. The van der Waals surface area contributed by atoms with Gasteiger partial charge in [-0.05, 0) is 72.9 Å². The topological polar surface area (TPSA) is 92.3 Å². The minimum absolute atomic E-state index is 0.0234. The predicted molar refractivity (Wildman–Crippen MR) is 139 cm³/mol. The summed E-state index contributed by atoms with van der Waals surface area (Å²) in [6.07, 6.45) is 4.71. The van der Waals surface area contributed by atoms with E-state index in [0.717, 1.165) is 57.5 Å². The molecule has 2 fully saturated rings. The molecule has 1 aromatic carbocycles. The quantitative estimate of drug-likeness (QED) is 0.471. The molecule has 2 N–H and O–H groups in total. The highest BCUT2D eigenvalue weighted by atomic mass is 19.4. The van der Waals surface area contributed by atoms with Crippen LogP contribution in [0.15, 0.2) is 43.0 Å². The second-order valence-electron chi connectivity index (χ2n) is 10.8. The minimum atomic E-state index is -4.48.